The van der Waals surface area contributed by atoms with E-state index >= 15 is 0 Å². The van der Waals surface area contributed by atoms with Crippen LogP contribution in [0.2, 0.25) is 0 Å². The molecule has 0 saturated heterocycles. The van der Waals surface area contributed by atoms with Crippen molar-refractivity contribution in [2.45, 2.75) is 0 Å². The second-order valence-corrected chi connectivity index (χ2v) is 2.48. The van der Waals surface area contributed by atoms with Crippen molar-refractivity contribution in [1.82, 2.24) is 10.3 Å². The summed E-state index contributed by atoms with van der Waals surface area (Å²) in [4.78, 5) is 15.1. The van der Waals surface area contributed by atoms with Gasteiger partial charge in [-0.2, -0.15) is 0 Å². The van der Waals surface area contributed by atoms with Crippen LogP contribution in [0.15, 0.2) is 24.5 Å². The summed E-state index contributed by atoms with van der Waals surface area (Å²) in [5.74, 6) is -0.0977. The molecule has 0 radical (unpaired) electrons. The van der Waals surface area contributed by atoms with Gasteiger partial charge < -0.3 is 10.1 Å². The molecule has 70 valence electrons. The van der Waals surface area contributed by atoms with Gasteiger partial charge in [0.15, 0.2) is 0 Å². The lowest BCUT2D eigenvalue weighted by molar-refractivity contribution is 0.0937. The van der Waals surface area contributed by atoms with E-state index < -0.39 is 0 Å². The minimum Gasteiger partial charge on any atom is -0.383 e. The second kappa shape index (κ2) is 5.27. The SMILES string of the molecule is COCCNC(=O)c1ccncc1. The summed E-state index contributed by atoms with van der Waals surface area (Å²) in [5.41, 5.74) is 0.617. The number of carbonyl (C=O) groups is 1. The Morgan fingerprint density at radius 3 is 2.85 bits per heavy atom. The van der Waals surface area contributed by atoms with Crippen molar-refractivity contribution in [3.63, 3.8) is 0 Å². The van der Waals surface area contributed by atoms with Gasteiger partial charge in [-0.05, 0) is 12.1 Å². The number of nitrogens with zero attached hydrogens (tertiary/aromatic N) is 1. The smallest absolute Gasteiger partial charge is 0.251 e. The predicted octanol–water partition coefficient (Wildman–Crippen LogP) is 0.458. The van der Waals surface area contributed by atoms with Crippen LogP contribution in [0.25, 0.3) is 0 Å². The topological polar surface area (TPSA) is 51.2 Å². The first-order valence-electron chi connectivity index (χ1n) is 4.02. The van der Waals surface area contributed by atoms with Crippen LogP contribution >= 0.6 is 0 Å². The molecular formula is C9H12N2O2. The van der Waals surface area contributed by atoms with Crippen molar-refractivity contribution in [3.05, 3.63) is 30.1 Å². The average Bonchev–Trinajstić information content (AvgIpc) is 2.19. The van der Waals surface area contributed by atoms with Gasteiger partial charge >= 0.3 is 0 Å². The summed E-state index contributed by atoms with van der Waals surface area (Å²) >= 11 is 0. The molecule has 0 spiro atoms. The van der Waals surface area contributed by atoms with Gasteiger partial charge in [-0.25, -0.2) is 0 Å². The van der Waals surface area contributed by atoms with E-state index in [0.717, 1.165) is 0 Å². The van der Waals surface area contributed by atoms with Crippen molar-refractivity contribution >= 4 is 5.91 Å². The van der Waals surface area contributed by atoms with Crippen LogP contribution in [-0.4, -0.2) is 31.2 Å². The Morgan fingerprint density at radius 2 is 2.23 bits per heavy atom. The fraction of sp³-hybridized carbons (Fsp3) is 0.333. The summed E-state index contributed by atoms with van der Waals surface area (Å²) in [7, 11) is 1.60. The zero-order valence-electron chi connectivity index (χ0n) is 7.49. The van der Waals surface area contributed by atoms with Gasteiger partial charge in [0.1, 0.15) is 0 Å². The second-order valence-electron chi connectivity index (χ2n) is 2.48. The summed E-state index contributed by atoms with van der Waals surface area (Å²) in [5, 5.41) is 2.71. The number of aromatic nitrogens is 1. The van der Waals surface area contributed by atoms with E-state index in [9.17, 15) is 4.79 Å². The molecule has 4 nitrogen and oxygen atoms in total. The van der Waals surface area contributed by atoms with E-state index in [2.05, 4.69) is 10.3 Å². The Bertz CT molecular complexity index is 262. The van der Waals surface area contributed by atoms with Crippen LogP contribution in [-0.2, 0) is 4.74 Å². The molecule has 13 heavy (non-hydrogen) atoms. The van der Waals surface area contributed by atoms with Crippen LogP contribution in [0.3, 0.4) is 0 Å². The maximum atomic E-state index is 11.3. The highest BCUT2D eigenvalue weighted by atomic mass is 16.5. The predicted molar refractivity (Wildman–Crippen MR) is 48.4 cm³/mol. The van der Waals surface area contributed by atoms with E-state index in [4.69, 9.17) is 4.74 Å². The van der Waals surface area contributed by atoms with Crippen LogP contribution in [0.4, 0.5) is 0 Å². The number of hydrogen-bond acceptors (Lipinski definition) is 3. The van der Waals surface area contributed by atoms with Crippen molar-refractivity contribution < 1.29 is 9.53 Å². The maximum Gasteiger partial charge on any atom is 0.251 e. The quantitative estimate of drug-likeness (QED) is 0.685. The average molecular weight is 180 g/mol. The Balaban J connectivity index is 2.40. The van der Waals surface area contributed by atoms with Gasteiger partial charge in [-0.15, -0.1) is 0 Å². The van der Waals surface area contributed by atoms with Gasteiger partial charge in [-0.3, -0.25) is 9.78 Å². The Kier molecular flexibility index (Phi) is 3.92. The molecule has 0 aromatic carbocycles. The molecule has 0 aliphatic carbocycles. The molecule has 0 aliphatic rings. The summed E-state index contributed by atoms with van der Waals surface area (Å²) < 4.78 is 4.80. The zero-order chi connectivity index (χ0) is 9.52. The third-order valence-electron chi connectivity index (χ3n) is 1.53. The highest BCUT2D eigenvalue weighted by molar-refractivity contribution is 5.93. The molecule has 1 heterocycles. The van der Waals surface area contributed by atoms with Crippen molar-refractivity contribution in [2.75, 3.05) is 20.3 Å². The third kappa shape index (κ3) is 3.21. The third-order valence-corrected chi connectivity index (χ3v) is 1.53. The molecule has 1 amide bonds. The van der Waals surface area contributed by atoms with Gasteiger partial charge in [-0.1, -0.05) is 0 Å². The molecule has 0 aliphatic heterocycles. The molecule has 1 rings (SSSR count). The molecule has 1 N–H and O–H groups in total. The van der Waals surface area contributed by atoms with Gasteiger partial charge in [0.05, 0.1) is 6.61 Å². The first kappa shape index (κ1) is 9.67. The molecule has 0 fully saturated rings. The Labute approximate surface area is 76.9 Å². The van der Waals surface area contributed by atoms with E-state index in [-0.39, 0.29) is 5.91 Å². The monoisotopic (exact) mass is 180 g/mol. The number of hydrogen-bond donors (Lipinski definition) is 1. The number of ether oxygens (including phenoxy) is 1. The maximum absolute atomic E-state index is 11.3. The van der Waals surface area contributed by atoms with E-state index in [1.165, 1.54) is 0 Å². The summed E-state index contributed by atoms with van der Waals surface area (Å²) in [6.07, 6.45) is 3.18. The summed E-state index contributed by atoms with van der Waals surface area (Å²) in [6.45, 7) is 1.05. The van der Waals surface area contributed by atoms with Crippen LogP contribution in [0, 0.1) is 0 Å². The lowest BCUT2D eigenvalue weighted by atomic mass is 10.2. The number of pyridine rings is 1. The van der Waals surface area contributed by atoms with Gasteiger partial charge in [0.2, 0.25) is 0 Å². The molecular weight excluding hydrogens is 168 g/mol. The molecule has 1 aromatic rings. The molecule has 0 atom stereocenters. The highest BCUT2D eigenvalue weighted by Crippen LogP contribution is 1.94. The number of rotatable bonds is 4. The molecule has 1 aromatic heterocycles. The molecule has 0 unspecified atom stereocenters. The first-order valence-corrected chi connectivity index (χ1v) is 4.02. The zero-order valence-corrected chi connectivity index (χ0v) is 7.49. The number of amides is 1. The minimum absolute atomic E-state index is 0.0977. The van der Waals surface area contributed by atoms with Crippen LogP contribution in [0.5, 0.6) is 0 Å². The number of nitrogens with one attached hydrogen (secondary N) is 1. The normalized spacial score (nSPS) is 9.62. The fourth-order valence-corrected chi connectivity index (χ4v) is 0.872. The number of carbonyl (C=O) groups excluding carboxylic acids is 1. The van der Waals surface area contributed by atoms with Crippen molar-refractivity contribution in [2.24, 2.45) is 0 Å². The lowest BCUT2D eigenvalue weighted by Gasteiger charge is -2.03. The Morgan fingerprint density at radius 1 is 1.54 bits per heavy atom. The van der Waals surface area contributed by atoms with Gasteiger partial charge in [0, 0.05) is 31.6 Å². The summed E-state index contributed by atoms with van der Waals surface area (Å²) in [6, 6.07) is 3.34. The number of methoxy groups -OCH3 is 1. The molecule has 0 saturated carbocycles. The minimum atomic E-state index is -0.0977. The first-order chi connectivity index (χ1) is 6.34. The largest absolute Gasteiger partial charge is 0.383 e. The van der Waals surface area contributed by atoms with E-state index in [0.29, 0.717) is 18.7 Å². The van der Waals surface area contributed by atoms with Crippen molar-refractivity contribution in [3.8, 4) is 0 Å². The standard InChI is InChI=1S/C9H12N2O2/c1-13-7-6-11-9(12)8-2-4-10-5-3-8/h2-5H,6-7H2,1H3,(H,11,12). The lowest BCUT2D eigenvalue weighted by Crippen LogP contribution is -2.26. The van der Waals surface area contributed by atoms with Crippen LogP contribution < -0.4 is 5.32 Å². The molecule has 0 bridgehead atoms. The van der Waals surface area contributed by atoms with E-state index in [1.807, 2.05) is 0 Å². The Hall–Kier alpha value is -1.42. The highest BCUT2D eigenvalue weighted by Gasteiger charge is 2.02. The fourth-order valence-electron chi connectivity index (χ4n) is 0.872. The van der Waals surface area contributed by atoms with Crippen LogP contribution in [0.1, 0.15) is 10.4 Å². The van der Waals surface area contributed by atoms with Crippen molar-refractivity contribution in [1.29, 1.82) is 0 Å². The van der Waals surface area contributed by atoms with E-state index in [1.54, 1.807) is 31.6 Å². The van der Waals surface area contributed by atoms with Gasteiger partial charge in [0.25, 0.3) is 5.91 Å². The molecule has 4 heteroatoms.